The summed E-state index contributed by atoms with van der Waals surface area (Å²) in [6.45, 7) is 1.37. The fraction of sp³-hybridized carbons (Fsp3) is 0.333. The molecule has 2 aromatic rings. The van der Waals surface area contributed by atoms with Gasteiger partial charge in [-0.15, -0.1) is 0 Å². The Hall–Kier alpha value is -3.00. The highest BCUT2D eigenvalue weighted by molar-refractivity contribution is 5.97. The second-order valence-electron chi connectivity index (χ2n) is 6.73. The number of esters is 1. The van der Waals surface area contributed by atoms with Gasteiger partial charge in [-0.3, -0.25) is 0 Å². The predicted molar refractivity (Wildman–Crippen MR) is 107 cm³/mol. The van der Waals surface area contributed by atoms with Crippen LogP contribution >= 0.6 is 0 Å². The predicted octanol–water partition coefficient (Wildman–Crippen LogP) is 3.17. The first-order valence-electron chi connectivity index (χ1n) is 9.15. The molecule has 0 atom stereocenters. The number of methoxy groups -OCH3 is 1. The molecule has 0 saturated carbocycles. The molecule has 0 heterocycles. The highest BCUT2D eigenvalue weighted by atomic mass is 19.1. The van der Waals surface area contributed by atoms with Gasteiger partial charge in [0.2, 0.25) is 0 Å². The molecule has 0 aliphatic carbocycles. The Morgan fingerprint density at radius 3 is 2.48 bits per heavy atom. The highest BCUT2D eigenvalue weighted by Crippen LogP contribution is 2.28. The Labute approximate surface area is 168 Å². The van der Waals surface area contributed by atoms with Crippen molar-refractivity contribution >= 4 is 12.0 Å². The van der Waals surface area contributed by atoms with E-state index in [2.05, 4.69) is 15.4 Å². The fourth-order valence-electron chi connectivity index (χ4n) is 2.77. The van der Waals surface area contributed by atoms with Crippen LogP contribution in [0.1, 0.15) is 22.3 Å². The molecule has 0 aromatic heterocycles. The van der Waals surface area contributed by atoms with E-state index in [9.17, 15) is 18.4 Å². The summed E-state index contributed by atoms with van der Waals surface area (Å²) in [7, 11) is 5.05. The largest absolute Gasteiger partial charge is 0.465 e. The topological polar surface area (TPSA) is 70.7 Å². The quantitative estimate of drug-likeness (QED) is 0.523. The minimum Gasteiger partial charge on any atom is -0.465 e. The summed E-state index contributed by atoms with van der Waals surface area (Å²) in [6, 6.07) is 7.97. The molecule has 2 rings (SSSR count). The third kappa shape index (κ3) is 6.25. The second kappa shape index (κ2) is 10.5. The number of urea groups is 1. The van der Waals surface area contributed by atoms with Crippen molar-refractivity contribution in [2.24, 2.45) is 0 Å². The van der Waals surface area contributed by atoms with Crippen LogP contribution in [-0.4, -0.2) is 51.2 Å². The van der Waals surface area contributed by atoms with Gasteiger partial charge in [-0.25, -0.2) is 18.4 Å². The van der Waals surface area contributed by atoms with Crippen molar-refractivity contribution in [2.75, 3.05) is 34.3 Å². The molecule has 2 N–H and O–H groups in total. The number of benzene rings is 2. The Morgan fingerprint density at radius 1 is 1.07 bits per heavy atom. The lowest BCUT2D eigenvalue weighted by molar-refractivity contribution is 0.0596. The summed E-state index contributed by atoms with van der Waals surface area (Å²) in [5.41, 5.74) is 0.582. The summed E-state index contributed by atoms with van der Waals surface area (Å²) < 4.78 is 33.2. The SMILES string of the molecule is COC(=O)c1c(F)cccc1-c1ccc(CNC(=O)NCCCN(C)C)c(F)c1. The van der Waals surface area contributed by atoms with Gasteiger partial charge in [0.25, 0.3) is 0 Å². The van der Waals surface area contributed by atoms with Crippen LogP contribution in [0.2, 0.25) is 0 Å². The smallest absolute Gasteiger partial charge is 0.341 e. The first-order chi connectivity index (χ1) is 13.8. The van der Waals surface area contributed by atoms with Gasteiger partial charge in [0, 0.05) is 18.7 Å². The summed E-state index contributed by atoms with van der Waals surface area (Å²) >= 11 is 0. The molecule has 0 bridgehead atoms. The van der Waals surface area contributed by atoms with Crippen LogP contribution in [0.15, 0.2) is 36.4 Å². The van der Waals surface area contributed by atoms with Crippen molar-refractivity contribution in [3.63, 3.8) is 0 Å². The normalized spacial score (nSPS) is 10.7. The van der Waals surface area contributed by atoms with Crippen LogP contribution in [-0.2, 0) is 11.3 Å². The molecule has 2 aromatic carbocycles. The van der Waals surface area contributed by atoms with E-state index in [1.165, 1.54) is 24.3 Å². The number of nitrogens with zero attached hydrogens (tertiary/aromatic N) is 1. The van der Waals surface area contributed by atoms with E-state index < -0.39 is 17.6 Å². The van der Waals surface area contributed by atoms with Crippen molar-refractivity contribution in [2.45, 2.75) is 13.0 Å². The van der Waals surface area contributed by atoms with E-state index in [4.69, 9.17) is 0 Å². The van der Waals surface area contributed by atoms with E-state index >= 15 is 0 Å². The molecule has 2 amide bonds. The lowest BCUT2D eigenvalue weighted by Crippen LogP contribution is -2.36. The molecular formula is C21H25F2N3O3. The van der Waals surface area contributed by atoms with Gasteiger partial charge in [0.05, 0.1) is 7.11 Å². The molecular weight excluding hydrogens is 380 g/mol. The Balaban J connectivity index is 2.05. The Morgan fingerprint density at radius 2 is 1.83 bits per heavy atom. The van der Waals surface area contributed by atoms with Crippen LogP contribution in [0, 0.1) is 11.6 Å². The number of amides is 2. The summed E-state index contributed by atoms with van der Waals surface area (Å²) in [4.78, 5) is 25.7. The monoisotopic (exact) mass is 405 g/mol. The molecule has 8 heteroatoms. The average Bonchev–Trinajstić information content (AvgIpc) is 2.69. The lowest BCUT2D eigenvalue weighted by atomic mass is 9.98. The van der Waals surface area contributed by atoms with Crippen molar-refractivity contribution in [1.29, 1.82) is 0 Å². The zero-order valence-electron chi connectivity index (χ0n) is 16.7. The average molecular weight is 405 g/mol. The summed E-state index contributed by atoms with van der Waals surface area (Å²) in [6.07, 6.45) is 0.805. The zero-order chi connectivity index (χ0) is 21.4. The van der Waals surface area contributed by atoms with E-state index in [0.29, 0.717) is 12.1 Å². The number of ether oxygens (including phenoxy) is 1. The van der Waals surface area contributed by atoms with Crippen LogP contribution < -0.4 is 10.6 Å². The molecule has 0 radical (unpaired) electrons. The molecule has 156 valence electrons. The molecule has 0 fully saturated rings. The van der Waals surface area contributed by atoms with Gasteiger partial charge in [0.15, 0.2) is 0 Å². The number of carbonyl (C=O) groups excluding carboxylic acids is 2. The van der Waals surface area contributed by atoms with E-state index in [1.54, 1.807) is 6.07 Å². The van der Waals surface area contributed by atoms with Crippen LogP contribution in [0.3, 0.4) is 0 Å². The van der Waals surface area contributed by atoms with E-state index in [1.807, 2.05) is 19.0 Å². The summed E-state index contributed by atoms with van der Waals surface area (Å²) in [5, 5.41) is 5.30. The van der Waals surface area contributed by atoms with Crippen LogP contribution in [0.25, 0.3) is 11.1 Å². The number of carbonyl (C=O) groups is 2. The van der Waals surface area contributed by atoms with Crippen LogP contribution in [0.4, 0.5) is 13.6 Å². The highest BCUT2D eigenvalue weighted by Gasteiger charge is 2.19. The minimum absolute atomic E-state index is 0.00135. The van der Waals surface area contributed by atoms with Crippen LogP contribution in [0.5, 0.6) is 0 Å². The molecule has 0 spiro atoms. The number of hydrogen-bond acceptors (Lipinski definition) is 4. The van der Waals surface area contributed by atoms with Crippen molar-refractivity contribution in [3.8, 4) is 11.1 Å². The van der Waals surface area contributed by atoms with Gasteiger partial charge in [-0.2, -0.15) is 0 Å². The fourth-order valence-corrected chi connectivity index (χ4v) is 2.77. The van der Waals surface area contributed by atoms with Crippen molar-refractivity contribution < 1.29 is 23.1 Å². The minimum atomic E-state index is -0.838. The van der Waals surface area contributed by atoms with Gasteiger partial charge in [-0.05, 0) is 50.3 Å². The van der Waals surface area contributed by atoms with E-state index in [0.717, 1.165) is 26.1 Å². The van der Waals surface area contributed by atoms with Gasteiger partial charge < -0.3 is 20.3 Å². The van der Waals surface area contributed by atoms with Gasteiger partial charge in [0.1, 0.15) is 17.2 Å². The lowest BCUT2D eigenvalue weighted by Gasteiger charge is -2.12. The molecule has 6 nitrogen and oxygen atoms in total. The van der Waals surface area contributed by atoms with Crippen molar-refractivity contribution in [3.05, 3.63) is 59.2 Å². The molecule has 0 unspecified atom stereocenters. The van der Waals surface area contributed by atoms with E-state index in [-0.39, 0.29) is 29.3 Å². The molecule has 0 saturated heterocycles. The third-order valence-electron chi connectivity index (χ3n) is 4.27. The van der Waals surface area contributed by atoms with Crippen molar-refractivity contribution in [1.82, 2.24) is 15.5 Å². The number of rotatable bonds is 8. The zero-order valence-corrected chi connectivity index (χ0v) is 16.7. The number of nitrogens with one attached hydrogen (secondary N) is 2. The third-order valence-corrected chi connectivity index (χ3v) is 4.27. The van der Waals surface area contributed by atoms with Gasteiger partial charge >= 0.3 is 12.0 Å². The standard InChI is InChI=1S/C21H25F2N3O3/c1-26(2)11-5-10-24-21(28)25-13-15-9-8-14(12-18(15)23)16-6-4-7-17(22)19(16)20(27)29-3/h4,6-9,12H,5,10-11,13H2,1-3H3,(H2,24,25,28). The van der Waals surface area contributed by atoms with Gasteiger partial charge in [-0.1, -0.05) is 24.3 Å². The number of hydrogen-bond donors (Lipinski definition) is 2. The second-order valence-corrected chi connectivity index (χ2v) is 6.73. The molecule has 0 aliphatic heterocycles. The first kappa shape index (κ1) is 22.3. The molecule has 29 heavy (non-hydrogen) atoms. The molecule has 0 aliphatic rings. The summed E-state index contributed by atoms with van der Waals surface area (Å²) in [5.74, 6) is -2.16. The maximum atomic E-state index is 14.5. The Kier molecular flexibility index (Phi) is 8.09. The first-order valence-corrected chi connectivity index (χ1v) is 9.15. The maximum absolute atomic E-state index is 14.5. The maximum Gasteiger partial charge on any atom is 0.341 e. The Bertz CT molecular complexity index is 872. The number of halogens is 2.